The molecule has 0 spiro atoms. The predicted molar refractivity (Wildman–Crippen MR) is 70.4 cm³/mol. The number of hydrogen-bond donors (Lipinski definition) is 0. The molecule has 84 valence electrons. The molecule has 3 aromatic rings. The van der Waals surface area contributed by atoms with Gasteiger partial charge in [0.25, 0.3) is 0 Å². The van der Waals surface area contributed by atoms with E-state index in [2.05, 4.69) is 17.1 Å². The van der Waals surface area contributed by atoms with Gasteiger partial charge in [0.15, 0.2) is 0 Å². The van der Waals surface area contributed by atoms with E-state index >= 15 is 0 Å². The van der Waals surface area contributed by atoms with E-state index in [1.54, 1.807) is 0 Å². The summed E-state index contributed by atoms with van der Waals surface area (Å²) in [5, 5.41) is 0.715. The number of hydrogen-bond acceptors (Lipinski definition) is 1. The molecule has 0 amide bonds. The Hall–Kier alpha value is -1.80. The lowest BCUT2D eigenvalue weighted by molar-refractivity contribution is 1.19. The second kappa shape index (κ2) is 3.90. The quantitative estimate of drug-likeness (QED) is 0.631. The first-order chi connectivity index (χ1) is 8.25. The second-order valence-corrected chi connectivity index (χ2v) is 4.42. The molecular formula is C14H11ClN2. The van der Waals surface area contributed by atoms with E-state index in [9.17, 15) is 0 Å². The van der Waals surface area contributed by atoms with Crippen molar-refractivity contribution < 1.29 is 0 Å². The Balaban J connectivity index is 2.35. The summed E-state index contributed by atoms with van der Waals surface area (Å²) < 4.78 is 2.03. The third-order valence-electron chi connectivity index (χ3n) is 2.80. The first-order valence-corrected chi connectivity index (χ1v) is 5.83. The summed E-state index contributed by atoms with van der Waals surface area (Å²) in [5.41, 5.74) is 4.19. The Morgan fingerprint density at radius 2 is 1.82 bits per heavy atom. The summed E-state index contributed by atoms with van der Waals surface area (Å²) in [7, 11) is 0. The average Bonchev–Trinajstić information content (AvgIpc) is 2.65. The highest BCUT2D eigenvalue weighted by molar-refractivity contribution is 6.30. The van der Waals surface area contributed by atoms with Crippen LogP contribution in [0.1, 0.15) is 5.69 Å². The van der Waals surface area contributed by atoms with Gasteiger partial charge in [0.1, 0.15) is 5.65 Å². The van der Waals surface area contributed by atoms with Crippen molar-refractivity contribution in [2.24, 2.45) is 0 Å². The molecule has 3 rings (SSSR count). The molecule has 2 nitrogen and oxygen atoms in total. The normalized spacial score (nSPS) is 10.9. The fraction of sp³-hybridized carbons (Fsp3) is 0.0714. The number of rotatable bonds is 1. The Kier molecular flexibility index (Phi) is 2.37. The first-order valence-electron chi connectivity index (χ1n) is 5.45. The molecule has 0 N–H and O–H groups in total. The number of halogens is 1. The van der Waals surface area contributed by atoms with Gasteiger partial charge in [-0.05, 0) is 19.1 Å². The maximum absolute atomic E-state index is 6.04. The molecule has 2 aromatic heterocycles. The van der Waals surface area contributed by atoms with Gasteiger partial charge in [-0.1, -0.05) is 41.9 Å². The van der Waals surface area contributed by atoms with Gasteiger partial charge in [-0.3, -0.25) is 4.40 Å². The number of imidazole rings is 1. The van der Waals surface area contributed by atoms with Crippen LogP contribution in [0.25, 0.3) is 16.9 Å². The molecule has 2 heterocycles. The zero-order chi connectivity index (χ0) is 11.8. The molecule has 0 atom stereocenters. The largest absolute Gasteiger partial charge is 0.298 e. The molecule has 3 heteroatoms. The number of aryl methyl sites for hydroxylation is 1. The highest BCUT2D eigenvalue weighted by atomic mass is 35.5. The van der Waals surface area contributed by atoms with Crippen LogP contribution >= 0.6 is 11.6 Å². The third-order valence-corrected chi connectivity index (χ3v) is 3.03. The summed E-state index contributed by atoms with van der Waals surface area (Å²) in [6.07, 6.45) is 1.90. The SMILES string of the molecule is Cc1nc2ccc(Cl)cn2c1-c1ccccc1. The molecule has 0 fully saturated rings. The van der Waals surface area contributed by atoms with Crippen molar-refractivity contribution in [1.29, 1.82) is 0 Å². The maximum atomic E-state index is 6.04. The summed E-state index contributed by atoms with van der Waals surface area (Å²) in [6, 6.07) is 14.0. The minimum Gasteiger partial charge on any atom is -0.298 e. The number of benzene rings is 1. The summed E-state index contributed by atoms with van der Waals surface area (Å²) in [4.78, 5) is 4.53. The number of pyridine rings is 1. The molecule has 0 aliphatic heterocycles. The Labute approximate surface area is 104 Å². The van der Waals surface area contributed by atoms with Crippen LogP contribution in [0.2, 0.25) is 5.02 Å². The van der Waals surface area contributed by atoms with Crippen LogP contribution in [0.4, 0.5) is 0 Å². The van der Waals surface area contributed by atoms with Crippen LogP contribution < -0.4 is 0 Å². The lowest BCUT2D eigenvalue weighted by atomic mass is 10.1. The van der Waals surface area contributed by atoms with Gasteiger partial charge in [-0.25, -0.2) is 4.98 Å². The second-order valence-electron chi connectivity index (χ2n) is 3.99. The van der Waals surface area contributed by atoms with E-state index in [4.69, 9.17) is 11.6 Å². The van der Waals surface area contributed by atoms with E-state index in [0.29, 0.717) is 5.02 Å². The minimum atomic E-state index is 0.715. The summed E-state index contributed by atoms with van der Waals surface area (Å²) in [5.74, 6) is 0. The maximum Gasteiger partial charge on any atom is 0.137 e. The first kappa shape index (κ1) is 10.4. The van der Waals surface area contributed by atoms with Crippen molar-refractivity contribution in [2.45, 2.75) is 6.92 Å². The molecule has 0 aliphatic carbocycles. The van der Waals surface area contributed by atoms with Gasteiger partial charge in [0, 0.05) is 11.8 Å². The molecule has 0 saturated carbocycles. The van der Waals surface area contributed by atoms with Crippen LogP contribution in [-0.2, 0) is 0 Å². The number of fused-ring (bicyclic) bond motifs is 1. The summed E-state index contributed by atoms with van der Waals surface area (Å²) in [6.45, 7) is 2.02. The number of nitrogens with zero attached hydrogens (tertiary/aromatic N) is 2. The predicted octanol–water partition coefficient (Wildman–Crippen LogP) is 3.96. The fourth-order valence-corrected chi connectivity index (χ4v) is 2.24. The van der Waals surface area contributed by atoms with Crippen LogP contribution in [0.3, 0.4) is 0 Å². The lowest BCUT2D eigenvalue weighted by Gasteiger charge is -2.03. The standard InChI is InChI=1S/C14H11ClN2/c1-10-14(11-5-3-2-4-6-11)17-9-12(15)7-8-13(17)16-10/h2-9H,1H3. The van der Waals surface area contributed by atoms with Crippen molar-refractivity contribution in [1.82, 2.24) is 9.38 Å². The smallest absolute Gasteiger partial charge is 0.137 e. The zero-order valence-electron chi connectivity index (χ0n) is 9.39. The van der Waals surface area contributed by atoms with Gasteiger partial charge in [-0.15, -0.1) is 0 Å². The van der Waals surface area contributed by atoms with Crippen molar-refractivity contribution in [3.8, 4) is 11.3 Å². The molecule has 1 aromatic carbocycles. The summed E-state index contributed by atoms with van der Waals surface area (Å²) >= 11 is 6.04. The van der Waals surface area contributed by atoms with Crippen molar-refractivity contribution in [3.05, 3.63) is 59.4 Å². The Bertz CT molecular complexity index is 671. The molecular weight excluding hydrogens is 232 g/mol. The van der Waals surface area contributed by atoms with Crippen LogP contribution in [0.5, 0.6) is 0 Å². The highest BCUT2D eigenvalue weighted by Gasteiger charge is 2.10. The van der Waals surface area contributed by atoms with Crippen molar-refractivity contribution >= 4 is 17.2 Å². The van der Waals surface area contributed by atoms with Crippen molar-refractivity contribution in [2.75, 3.05) is 0 Å². The Morgan fingerprint density at radius 3 is 2.59 bits per heavy atom. The monoisotopic (exact) mass is 242 g/mol. The van der Waals surface area contributed by atoms with Gasteiger partial charge in [0.05, 0.1) is 16.4 Å². The molecule has 0 radical (unpaired) electrons. The average molecular weight is 243 g/mol. The molecule has 0 bridgehead atoms. The Morgan fingerprint density at radius 1 is 1.06 bits per heavy atom. The molecule has 0 aliphatic rings. The van der Waals surface area contributed by atoms with Crippen LogP contribution in [-0.4, -0.2) is 9.38 Å². The van der Waals surface area contributed by atoms with E-state index in [1.807, 2.05) is 47.9 Å². The van der Waals surface area contributed by atoms with Crippen molar-refractivity contribution in [3.63, 3.8) is 0 Å². The van der Waals surface area contributed by atoms with Gasteiger partial charge < -0.3 is 0 Å². The van der Waals surface area contributed by atoms with E-state index in [1.165, 1.54) is 0 Å². The van der Waals surface area contributed by atoms with Gasteiger partial charge in [-0.2, -0.15) is 0 Å². The van der Waals surface area contributed by atoms with Gasteiger partial charge >= 0.3 is 0 Å². The molecule has 0 unspecified atom stereocenters. The number of aromatic nitrogens is 2. The van der Waals surface area contributed by atoms with Crippen LogP contribution in [0, 0.1) is 6.92 Å². The topological polar surface area (TPSA) is 17.3 Å². The van der Waals surface area contributed by atoms with E-state index in [0.717, 1.165) is 22.6 Å². The highest BCUT2D eigenvalue weighted by Crippen LogP contribution is 2.25. The third kappa shape index (κ3) is 1.71. The minimum absolute atomic E-state index is 0.715. The zero-order valence-corrected chi connectivity index (χ0v) is 10.1. The molecule has 0 saturated heterocycles. The lowest BCUT2D eigenvalue weighted by Crippen LogP contribution is -1.88. The molecule has 17 heavy (non-hydrogen) atoms. The van der Waals surface area contributed by atoms with Crippen LogP contribution in [0.15, 0.2) is 48.7 Å². The van der Waals surface area contributed by atoms with E-state index in [-0.39, 0.29) is 0 Å². The fourth-order valence-electron chi connectivity index (χ4n) is 2.08. The van der Waals surface area contributed by atoms with Gasteiger partial charge in [0.2, 0.25) is 0 Å². The van der Waals surface area contributed by atoms with E-state index < -0.39 is 0 Å².